The molecule has 1 heterocycles. The highest BCUT2D eigenvalue weighted by Crippen LogP contribution is 2.10. The van der Waals surface area contributed by atoms with Crippen molar-refractivity contribution < 1.29 is 20.1 Å². The average Bonchev–Trinajstić information content (AvgIpc) is 2.47. The number of ketones is 1. The highest BCUT2D eigenvalue weighted by Gasteiger charge is 2.06. The molecule has 7 heteroatoms. The lowest BCUT2D eigenvalue weighted by Crippen LogP contribution is -2.12. The number of hydrogen-bond donors (Lipinski definition) is 4. The Morgan fingerprint density at radius 3 is 2.48 bits per heavy atom. The third-order valence-corrected chi connectivity index (χ3v) is 2.80. The molecule has 2 aromatic rings. The molecule has 23 heavy (non-hydrogen) atoms. The number of H-pyrrole nitrogens is 1. The zero-order valence-electron chi connectivity index (χ0n) is 12.1. The van der Waals surface area contributed by atoms with E-state index in [-0.39, 0.29) is 5.69 Å². The maximum absolute atomic E-state index is 11.9. The normalized spacial score (nSPS) is 13.3. The molecule has 0 saturated heterocycles. The molecule has 0 aliphatic heterocycles. The SMILES string of the molecule is CC(=O)C=C(O)C(O)=C/C(O)=C/c1nc2ccccc2[nH]c1=O. The van der Waals surface area contributed by atoms with Gasteiger partial charge in [0.1, 0.15) is 11.5 Å². The Morgan fingerprint density at radius 2 is 1.78 bits per heavy atom. The highest BCUT2D eigenvalue weighted by atomic mass is 16.3. The van der Waals surface area contributed by atoms with Gasteiger partial charge in [-0.25, -0.2) is 4.98 Å². The van der Waals surface area contributed by atoms with Crippen LogP contribution in [-0.2, 0) is 4.79 Å². The summed E-state index contributed by atoms with van der Waals surface area (Å²) in [5.74, 6) is -2.40. The van der Waals surface area contributed by atoms with Gasteiger partial charge in [-0.05, 0) is 19.1 Å². The van der Waals surface area contributed by atoms with E-state index in [1.807, 2.05) is 0 Å². The number of hydrogen-bond acceptors (Lipinski definition) is 6. The Morgan fingerprint density at radius 1 is 1.13 bits per heavy atom. The Labute approximate surface area is 130 Å². The second-order valence-corrected chi connectivity index (χ2v) is 4.71. The number of aromatic amines is 1. The van der Waals surface area contributed by atoms with Gasteiger partial charge in [-0.2, -0.15) is 0 Å². The first-order valence-corrected chi connectivity index (χ1v) is 6.59. The molecular formula is C16H14N2O5. The minimum Gasteiger partial charge on any atom is -0.508 e. The second kappa shape index (κ2) is 6.61. The molecule has 0 fully saturated rings. The Hall–Kier alpha value is -3.35. The summed E-state index contributed by atoms with van der Waals surface area (Å²) in [4.78, 5) is 29.4. The topological polar surface area (TPSA) is 124 Å². The molecule has 0 radical (unpaired) electrons. The van der Waals surface area contributed by atoms with Crippen molar-refractivity contribution in [3.8, 4) is 0 Å². The van der Waals surface area contributed by atoms with Crippen LogP contribution in [0.15, 0.2) is 58.5 Å². The number of aliphatic hydroxyl groups is 3. The Bertz CT molecular complexity index is 906. The van der Waals surface area contributed by atoms with E-state index in [0.29, 0.717) is 11.0 Å². The van der Waals surface area contributed by atoms with Gasteiger partial charge < -0.3 is 20.3 Å². The summed E-state index contributed by atoms with van der Waals surface area (Å²) in [6, 6.07) is 6.87. The van der Waals surface area contributed by atoms with Crippen LogP contribution in [0.1, 0.15) is 12.6 Å². The lowest BCUT2D eigenvalue weighted by atomic mass is 10.2. The van der Waals surface area contributed by atoms with Crippen molar-refractivity contribution in [2.24, 2.45) is 0 Å². The molecule has 0 unspecified atom stereocenters. The summed E-state index contributed by atoms with van der Waals surface area (Å²) in [6.07, 6.45) is 2.62. The number of nitrogens with zero attached hydrogens (tertiary/aromatic N) is 1. The summed E-state index contributed by atoms with van der Waals surface area (Å²) in [5.41, 5.74) is 0.486. The molecule has 0 amide bonds. The number of rotatable bonds is 4. The van der Waals surface area contributed by atoms with Gasteiger partial charge in [0.25, 0.3) is 5.56 Å². The summed E-state index contributed by atoms with van der Waals surface area (Å²) in [6.45, 7) is 1.19. The van der Waals surface area contributed by atoms with Crippen LogP contribution in [0.3, 0.4) is 0 Å². The first kappa shape index (κ1) is 16.0. The smallest absolute Gasteiger partial charge is 0.274 e. The predicted octanol–water partition coefficient (Wildman–Crippen LogP) is 2.29. The third-order valence-electron chi connectivity index (χ3n) is 2.80. The molecule has 1 aromatic heterocycles. The standard InChI is InChI=1S/C16H14N2O5/c1-9(19)6-14(21)15(22)8-10(20)7-13-16(23)18-12-5-3-2-4-11(12)17-13/h2-8,20-22H,1H3,(H,18,23)/b10-7-,14-6?,15-8?. The largest absolute Gasteiger partial charge is 0.508 e. The van der Waals surface area contributed by atoms with Gasteiger partial charge in [0.2, 0.25) is 0 Å². The summed E-state index contributed by atoms with van der Waals surface area (Å²) >= 11 is 0. The average molecular weight is 314 g/mol. The molecule has 118 valence electrons. The van der Waals surface area contributed by atoms with Gasteiger partial charge >= 0.3 is 0 Å². The van der Waals surface area contributed by atoms with Crippen molar-refractivity contribution in [3.63, 3.8) is 0 Å². The van der Waals surface area contributed by atoms with Gasteiger partial charge in [-0.3, -0.25) is 9.59 Å². The van der Waals surface area contributed by atoms with Crippen molar-refractivity contribution in [1.29, 1.82) is 0 Å². The quantitative estimate of drug-likeness (QED) is 0.390. The molecule has 0 bridgehead atoms. The minimum atomic E-state index is -0.717. The van der Waals surface area contributed by atoms with Gasteiger partial charge in [0.15, 0.2) is 17.3 Å². The predicted molar refractivity (Wildman–Crippen MR) is 85.1 cm³/mol. The van der Waals surface area contributed by atoms with Crippen molar-refractivity contribution in [3.05, 3.63) is 69.7 Å². The van der Waals surface area contributed by atoms with Crippen LogP contribution in [-0.4, -0.2) is 31.1 Å². The van der Waals surface area contributed by atoms with Crippen LogP contribution in [0.4, 0.5) is 0 Å². The van der Waals surface area contributed by atoms with Crippen LogP contribution in [0.5, 0.6) is 0 Å². The Kier molecular flexibility index (Phi) is 4.61. The van der Waals surface area contributed by atoms with E-state index in [2.05, 4.69) is 9.97 Å². The third kappa shape index (κ3) is 4.07. The van der Waals surface area contributed by atoms with Crippen LogP contribution in [0, 0.1) is 0 Å². The molecule has 2 rings (SSSR count). The van der Waals surface area contributed by atoms with E-state index in [4.69, 9.17) is 0 Å². The van der Waals surface area contributed by atoms with Crippen molar-refractivity contribution in [2.45, 2.75) is 6.92 Å². The molecule has 0 atom stereocenters. The Balaban J connectivity index is 2.39. The number of fused-ring (bicyclic) bond motifs is 1. The molecule has 0 aliphatic carbocycles. The van der Waals surface area contributed by atoms with Gasteiger partial charge in [-0.15, -0.1) is 0 Å². The zero-order valence-corrected chi connectivity index (χ0v) is 12.1. The fourth-order valence-electron chi connectivity index (χ4n) is 1.80. The summed E-state index contributed by atoms with van der Waals surface area (Å²) in [7, 11) is 0. The van der Waals surface area contributed by atoms with E-state index < -0.39 is 28.6 Å². The number of allylic oxidation sites excluding steroid dienone is 2. The van der Waals surface area contributed by atoms with E-state index >= 15 is 0 Å². The van der Waals surface area contributed by atoms with Gasteiger partial charge in [-0.1, -0.05) is 12.1 Å². The number of aromatic nitrogens is 2. The number of para-hydroxylation sites is 2. The first-order chi connectivity index (χ1) is 10.9. The highest BCUT2D eigenvalue weighted by molar-refractivity contribution is 5.88. The van der Waals surface area contributed by atoms with Crippen LogP contribution < -0.4 is 5.56 Å². The number of carbonyl (C=O) groups excluding carboxylic acids is 1. The molecular weight excluding hydrogens is 300 g/mol. The fourth-order valence-corrected chi connectivity index (χ4v) is 1.80. The second-order valence-electron chi connectivity index (χ2n) is 4.71. The summed E-state index contributed by atoms with van der Waals surface area (Å²) < 4.78 is 0. The fraction of sp³-hybridized carbons (Fsp3) is 0.0625. The van der Waals surface area contributed by atoms with E-state index in [1.54, 1.807) is 24.3 Å². The van der Waals surface area contributed by atoms with E-state index in [9.17, 15) is 24.9 Å². The van der Waals surface area contributed by atoms with Crippen LogP contribution >= 0.6 is 0 Å². The first-order valence-electron chi connectivity index (χ1n) is 6.59. The maximum atomic E-state index is 11.9. The van der Waals surface area contributed by atoms with Crippen LogP contribution in [0.2, 0.25) is 0 Å². The molecule has 0 saturated carbocycles. The van der Waals surface area contributed by atoms with Crippen molar-refractivity contribution in [1.82, 2.24) is 9.97 Å². The number of nitrogens with one attached hydrogen (secondary N) is 1. The molecule has 0 aliphatic rings. The van der Waals surface area contributed by atoms with E-state index in [1.165, 1.54) is 6.92 Å². The lowest BCUT2D eigenvalue weighted by molar-refractivity contribution is -0.112. The molecule has 1 aromatic carbocycles. The molecule has 0 spiro atoms. The summed E-state index contributed by atoms with van der Waals surface area (Å²) in [5, 5.41) is 28.7. The van der Waals surface area contributed by atoms with Crippen molar-refractivity contribution >= 4 is 22.9 Å². The molecule has 7 nitrogen and oxygen atoms in total. The lowest BCUT2D eigenvalue weighted by Gasteiger charge is -2.00. The zero-order chi connectivity index (χ0) is 17.0. The minimum absolute atomic E-state index is 0.0692. The van der Waals surface area contributed by atoms with Gasteiger partial charge in [0.05, 0.1) is 11.0 Å². The van der Waals surface area contributed by atoms with E-state index in [0.717, 1.165) is 18.2 Å². The number of carbonyl (C=O) groups is 1. The van der Waals surface area contributed by atoms with Crippen molar-refractivity contribution in [2.75, 3.05) is 0 Å². The monoisotopic (exact) mass is 314 g/mol. The molecule has 4 N–H and O–H groups in total. The van der Waals surface area contributed by atoms with Gasteiger partial charge in [0, 0.05) is 18.2 Å². The number of aliphatic hydroxyl groups excluding tert-OH is 3. The number of benzene rings is 1. The maximum Gasteiger partial charge on any atom is 0.274 e. The van der Waals surface area contributed by atoms with Crippen LogP contribution in [0.25, 0.3) is 17.1 Å².